The van der Waals surface area contributed by atoms with Gasteiger partial charge in [0, 0.05) is 18.0 Å². The van der Waals surface area contributed by atoms with Gasteiger partial charge in [-0.15, -0.1) is 0 Å². The van der Waals surface area contributed by atoms with Gasteiger partial charge in [0.05, 0.1) is 0 Å². The van der Waals surface area contributed by atoms with Crippen LogP contribution in [0.5, 0.6) is 0 Å². The number of rotatable bonds is 7. The maximum atomic E-state index is 4.50. The molecule has 0 saturated heterocycles. The van der Waals surface area contributed by atoms with Gasteiger partial charge in [-0.3, -0.25) is 4.98 Å². The van der Waals surface area contributed by atoms with E-state index < -0.39 is 0 Å². The van der Waals surface area contributed by atoms with Crippen molar-refractivity contribution in [1.29, 1.82) is 0 Å². The average molecular weight is 712 g/mol. The topological polar surface area (TPSA) is 12.9 Å². The maximum Gasteiger partial charge on any atom is 0.0346 e. The van der Waals surface area contributed by atoms with Crippen LogP contribution in [0, 0.1) is 0 Å². The van der Waals surface area contributed by atoms with E-state index in [9.17, 15) is 0 Å². The van der Waals surface area contributed by atoms with E-state index in [0.717, 1.165) is 5.56 Å². The summed E-state index contributed by atoms with van der Waals surface area (Å²) < 4.78 is 0. The number of hydrogen-bond donors (Lipinski definition) is 0. The molecule has 10 aromatic rings. The molecule has 1 heterocycles. The molecule has 0 N–H and O–H groups in total. The van der Waals surface area contributed by atoms with E-state index in [1.807, 2.05) is 18.5 Å². The smallest absolute Gasteiger partial charge is 0.0346 e. The molecule has 10 rings (SSSR count). The van der Waals surface area contributed by atoms with Crippen LogP contribution in [0.2, 0.25) is 0 Å². The molecule has 0 aliphatic rings. The van der Waals surface area contributed by atoms with Gasteiger partial charge < -0.3 is 0 Å². The van der Waals surface area contributed by atoms with Crippen molar-refractivity contribution in [3.8, 4) is 77.9 Å². The van der Waals surface area contributed by atoms with Crippen molar-refractivity contribution >= 4 is 21.5 Å². The lowest BCUT2D eigenvalue weighted by Gasteiger charge is -2.24. The first-order chi connectivity index (χ1) is 27.8. The highest BCUT2D eigenvalue weighted by Crippen LogP contribution is 2.51. The summed E-state index contributed by atoms with van der Waals surface area (Å²) in [4.78, 5) is 4.50. The minimum Gasteiger partial charge on any atom is -0.264 e. The SMILES string of the molecule is c1ccc(-c2cc(-c3ccc(-c4c5ccccc5c(-c5cccnc5)c5ccccc45)cc3)c(-c3ccccc3)c(-c3ccccc3)c2-c2ccccc2)cc1. The van der Waals surface area contributed by atoms with E-state index >= 15 is 0 Å². The molecule has 0 bridgehead atoms. The summed E-state index contributed by atoms with van der Waals surface area (Å²) in [6.07, 6.45) is 3.82. The predicted octanol–water partition coefficient (Wildman–Crippen LogP) is 15.1. The molecule has 0 spiro atoms. The minimum atomic E-state index is 1.12. The standard InChI is InChI=1S/C55H37N/c1-5-18-38(19-6-1)49-36-50(54(41-22-9-3-10-23-41)55(42-24-11-4-12-25-42)53(49)40-20-7-2-8-21-40)39-31-33-43(34-32-39)51-45-27-13-15-29-47(45)52(44-26-17-35-56-37-44)48-30-16-14-28-46(48)51/h1-37H. The first-order valence-electron chi connectivity index (χ1n) is 19.2. The summed E-state index contributed by atoms with van der Waals surface area (Å²) in [7, 11) is 0. The van der Waals surface area contributed by atoms with Gasteiger partial charge in [0.15, 0.2) is 0 Å². The van der Waals surface area contributed by atoms with E-state index in [1.165, 1.54) is 93.9 Å². The van der Waals surface area contributed by atoms with Crippen LogP contribution in [0.1, 0.15) is 0 Å². The van der Waals surface area contributed by atoms with Gasteiger partial charge in [-0.2, -0.15) is 0 Å². The first-order valence-corrected chi connectivity index (χ1v) is 19.2. The van der Waals surface area contributed by atoms with Crippen LogP contribution in [-0.4, -0.2) is 4.98 Å². The molecule has 262 valence electrons. The summed E-state index contributed by atoms with van der Waals surface area (Å²) in [5.41, 5.74) is 16.8. The molecule has 0 fully saturated rings. The molecular weight excluding hydrogens is 675 g/mol. The Morgan fingerprint density at radius 3 is 0.982 bits per heavy atom. The molecule has 1 nitrogen and oxygen atoms in total. The van der Waals surface area contributed by atoms with Gasteiger partial charge in [0.25, 0.3) is 0 Å². The van der Waals surface area contributed by atoms with Gasteiger partial charge in [-0.05, 0) is 106 Å². The van der Waals surface area contributed by atoms with Crippen LogP contribution in [-0.2, 0) is 0 Å². The van der Waals surface area contributed by atoms with Gasteiger partial charge in [0.1, 0.15) is 0 Å². The monoisotopic (exact) mass is 711 g/mol. The second kappa shape index (κ2) is 14.5. The van der Waals surface area contributed by atoms with Gasteiger partial charge >= 0.3 is 0 Å². The number of hydrogen-bond acceptors (Lipinski definition) is 1. The Labute approximate surface area is 327 Å². The van der Waals surface area contributed by atoms with Crippen molar-refractivity contribution in [2.24, 2.45) is 0 Å². The number of benzene rings is 9. The summed E-state index contributed by atoms with van der Waals surface area (Å²) in [6, 6.07) is 77.0. The molecule has 0 aliphatic heterocycles. The zero-order chi connectivity index (χ0) is 37.3. The van der Waals surface area contributed by atoms with Crippen LogP contribution in [0.3, 0.4) is 0 Å². The highest BCUT2D eigenvalue weighted by molar-refractivity contribution is 6.21. The maximum absolute atomic E-state index is 4.50. The summed E-state index contributed by atoms with van der Waals surface area (Å²) in [5.74, 6) is 0. The molecule has 0 saturated carbocycles. The normalized spacial score (nSPS) is 11.2. The number of pyridine rings is 1. The Morgan fingerprint density at radius 1 is 0.232 bits per heavy atom. The average Bonchev–Trinajstić information content (AvgIpc) is 3.29. The van der Waals surface area contributed by atoms with Crippen LogP contribution in [0.25, 0.3) is 99.4 Å². The molecule has 9 aromatic carbocycles. The fourth-order valence-corrected chi connectivity index (χ4v) is 8.54. The zero-order valence-corrected chi connectivity index (χ0v) is 30.8. The minimum absolute atomic E-state index is 1.12. The molecule has 1 heteroatoms. The predicted molar refractivity (Wildman–Crippen MR) is 237 cm³/mol. The summed E-state index contributed by atoms with van der Waals surface area (Å²) in [5, 5.41) is 4.91. The number of fused-ring (bicyclic) bond motifs is 2. The van der Waals surface area contributed by atoms with Crippen molar-refractivity contribution in [2.45, 2.75) is 0 Å². The third-order valence-electron chi connectivity index (χ3n) is 11.0. The third kappa shape index (κ3) is 5.87. The molecule has 0 amide bonds. The lowest BCUT2D eigenvalue weighted by atomic mass is 9.78. The Balaban J connectivity index is 1.25. The number of aromatic nitrogens is 1. The molecule has 56 heavy (non-hydrogen) atoms. The van der Waals surface area contributed by atoms with Crippen molar-refractivity contribution in [3.05, 3.63) is 225 Å². The van der Waals surface area contributed by atoms with Crippen LogP contribution in [0.15, 0.2) is 225 Å². The summed E-state index contributed by atoms with van der Waals surface area (Å²) >= 11 is 0. The quantitative estimate of drug-likeness (QED) is 0.150. The number of nitrogens with zero attached hydrogens (tertiary/aromatic N) is 1. The lowest BCUT2D eigenvalue weighted by Crippen LogP contribution is -1.98. The molecule has 0 atom stereocenters. The molecule has 0 radical (unpaired) electrons. The van der Waals surface area contributed by atoms with Crippen molar-refractivity contribution in [1.82, 2.24) is 4.98 Å². The van der Waals surface area contributed by atoms with Gasteiger partial charge in [-0.25, -0.2) is 0 Å². The van der Waals surface area contributed by atoms with Crippen LogP contribution >= 0.6 is 0 Å². The molecule has 0 unspecified atom stereocenters. The Bertz CT molecular complexity index is 2900. The van der Waals surface area contributed by atoms with Crippen LogP contribution in [0.4, 0.5) is 0 Å². The Kier molecular flexibility index (Phi) is 8.59. The Morgan fingerprint density at radius 2 is 0.554 bits per heavy atom. The molecular formula is C55H37N. The second-order valence-electron chi connectivity index (χ2n) is 14.2. The van der Waals surface area contributed by atoms with Crippen molar-refractivity contribution < 1.29 is 0 Å². The lowest BCUT2D eigenvalue weighted by molar-refractivity contribution is 1.33. The third-order valence-corrected chi connectivity index (χ3v) is 11.0. The van der Waals surface area contributed by atoms with Crippen molar-refractivity contribution in [3.63, 3.8) is 0 Å². The van der Waals surface area contributed by atoms with E-state index in [4.69, 9.17) is 0 Å². The fraction of sp³-hybridized carbons (Fsp3) is 0. The highest BCUT2D eigenvalue weighted by atomic mass is 14.6. The second-order valence-corrected chi connectivity index (χ2v) is 14.2. The van der Waals surface area contributed by atoms with Gasteiger partial charge in [-0.1, -0.05) is 200 Å². The van der Waals surface area contributed by atoms with E-state index in [1.54, 1.807) is 0 Å². The van der Waals surface area contributed by atoms with E-state index in [-0.39, 0.29) is 0 Å². The molecule has 1 aromatic heterocycles. The summed E-state index contributed by atoms with van der Waals surface area (Å²) in [6.45, 7) is 0. The zero-order valence-electron chi connectivity index (χ0n) is 30.8. The largest absolute Gasteiger partial charge is 0.264 e. The highest BCUT2D eigenvalue weighted by Gasteiger charge is 2.24. The Hall–Kier alpha value is -7.35. The fourth-order valence-electron chi connectivity index (χ4n) is 8.54. The van der Waals surface area contributed by atoms with Crippen molar-refractivity contribution in [2.75, 3.05) is 0 Å². The molecule has 0 aliphatic carbocycles. The first kappa shape index (κ1) is 33.2. The van der Waals surface area contributed by atoms with E-state index in [2.05, 4.69) is 211 Å². The van der Waals surface area contributed by atoms with Crippen LogP contribution < -0.4 is 0 Å². The van der Waals surface area contributed by atoms with E-state index in [0.29, 0.717) is 0 Å². The van der Waals surface area contributed by atoms with Gasteiger partial charge in [0.2, 0.25) is 0 Å².